The van der Waals surface area contributed by atoms with Crippen LogP contribution < -0.4 is 10.1 Å². The lowest BCUT2D eigenvalue weighted by molar-refractivity contribution is 0.357. The zero-order valence-electron chi connectivity index (χ0n) is 16.8. The van der Waals surface area contributed by atoms with Gasteiger partial charge in [0.25, 0.3) is 0 Å². The number of ether oxygens (including phenoxy) is 1. The van der Waals surface area contributed by atoms with Crippen molar-refractivity contribution in [1.82, 2.24) is 9.62 Å². The third kappa shape index (κ3) is 4.16. The Balaban J connectivity index is 2.06. The van der Waals surface area contributed by atoms with Crippen LogP contribution >= 0.6 is 0 Å². The van der Waals surface area contributed by atoms with Gasteiger partial charge in [-0.3, -0.25) is 0 Å². The lowest BCUT2D eigenvalue weighted by atomic mass is 10.00. The molecule has 7 heteroatoms. The molecule has 1 aliphatic rings. The van der Waals surface area contributed by atoms with Crippen LogP contribution in [0.3, 0.4) is 0 Å². The number of piperazine rings is 1. The first-order valence-corrected chi connectivity index (χ1v) is 11.0. The van der Waals surface area contributed by atoms with Crippen LogP contribution in [-0.4, -0.2) is 44.0 Å². The first-order chi connectivity index (χ1) is 13.2. The van der Waals surface area contributed by atoms with Gasteiger partial charge in [0.1, 0.15) is 22.1 Å². The summed E-state index contributed by atoms with van der Waals surface area (Å²) in [6.07, 6.45) is 0. The zero-order chi connectivity index (χ0) is 20.5. The van der Waals surface area contributed by atoms with Crippen LogP contribution in [-0.2, 0) is 10.0 Å². The Kier molecular flexibility index (Phi) is 5.98. The second kappa shape index (κ2) is 8.11. The average molecular weight is 405 g/mol. The number of aromatic hydroxyl groups is 1. The SMILES string of the molecule is Cc1ccc(Oc2cc(C)c(O)cc2C(C)C)c(S(=O)(=O)N2CCNCC2)c1. The Labute approximate surface area is 167 Å². The van der Waals surface area contributed by atoms with Gasteiger partial charge < -0.3 is 15.2 Å². The lowest BCUT2D eigenvalue weighted by Gasteiger charge is -2.27. The van der Waals surface area contributed by atoms with Crippen LogP contribution in [0.5, 0.6) is 17.2 Å². The van der Waals surface area contributed by atoms with Crippen molar-refractivity contribution in [2.75, 3.05) is 26.2 Å². The minimum atomic E-state index is -3.67. The highest BCUT2D eigenvalue weighted by Crippen LogP contribution is 2.38. The van der Waals surface area contributed by atoms with Crippen molar-refractivity contribution in [2.45, 2.75) is 38.5 Å². The fraction of sp³-hybridized carbons (Fsp3) is 0.429. The predicted molar refractivity (Wildman–Crippen MR) is 110 cm³/mol. The first kappa shape index (κ1) is 20.6. The van der Waals surface area contributed by atoms with Crippen LogP contribution in [0, 0.1) is 13.8 Å². The molecule has 0 aromatic heterocycles. The molecule has 0 atom stereocenters. The molecule has 0 radical (unpaired) electrons. The normalized spacial score (nSPS) is 15.8. The summed E-state index contributed by atoms with van der Waals surface area (Å²) in [6.45, 7) is 9.81. The summed E-state index contributed by atoms with van der Waals surface area (Å²) >= 11 is 0. The van der Waals surface area contributed by atoms with E-state index in [1.54, 1.807) is 31.2 Å². The molecule has 2 aromatic rings. The molecule has 0 aliphatic carbocycles. The van der Waals surface area contributed by atoms with Crippen LogP contribution in [0.25, 0.3) is 0 Å². The number of benzene rings is 2. The van der Waals surface area contributed by atoms with Crippen molar-refractivity contribution < 1.29 is 18.3 Å². The van der Waals surface area contributed by atoms with E-state index in [1.165, 1.54) is 4.31 Å². The van der Waals surface area contributed by atoms with Gasteiger partial charge in [0.15, 0.2) is 0 Å². The number of nitrogens with one attached hydrogen (secondary N) is 1. The van der Waals surface area contributed by atoms with E-state index in [0.717, 1.165) is 11.1 Å². The van der Waals surface area contributed by atoms with Crippen molar-refractivity contribution in [2.24, 2.45) is 0 Å². The van der Waals surface area contributed by atoms with E-state index in [2.05, 4.69) is 5.32 Å². The summed E-state index contributed by atoms with van der Waals surface area (Å²) in [5, 5.41) is 13.2. The maximum absolute atomic E-state index is 13.3. The molecule has 1 fully saturated rings. The standard InChI is InChI=1S/C21H28N2O4S/c1-14(2)17-13-18(24)16(4)12-20(17)27-19-6-5-15(3)11-21(19)28(25,26)23-9-7-22-8-10-23/h5-6,11-14,22,24H,7-10H2,1-4H3. The van der Waals surface area contributed by atoms with Crippen molar-refractivity contribution in [3.05, 3.63) is 47.0 Å². The average Bonchev–Trinajstić information content (AvgIpc) is 2.66. The molecule has 0 amide bonds. The Morgan fingerprint density at radius 1 is 1.07 bits per heavy atom. The number of hydrogen-bond acceptors (Lipinski definition) is 5. The molecule has 6 nitrogen and oxygen atoms in total. The Hall–Kier alpha value is -2.09. The molecule has 1 aliphatic heterocycles. The molecule has 2 N–H and O–H groups in total. The number of phenols is 1. The van der Waals surface area contributed by atoms with E-state index in [1.807, 2.05) is 26.8 Å². The Morgan fingerprint density at radius 3 is 2.39 bits per heavy atom. The molecule has 0 unspecified atom stereocenters. The lowest BCUT2D eigenvalue weighted by Crippen LogP contribution is -2.46. The second-order valence-electron chi connectivity index (χ2n) is 7.54. The quantitative estimate of drug-likeness (QED) is 0.797. The van der Waals surface area contributed by atoms with Crippen LogP contribution in [0.1, 0.15) is 36.5 Å². The van der Waals surface area contributed by atoms with E-state index in [4.69, 9.17) is 4.74 Å². The van der Waals surface area contributed by atoms with Crippen LogP contribution in [0.2, 0.25) is 0 Å². The smallest absolute Gasteiger partial charge is 0.246 e. The van der Waals surface area contributed by atoms with Gasteiger partial charge in [-0.2, -0.15) is 4.31 Å². The highest BCUT2D eigenvalue weighted by atomic mass is 32.2. The topological polar surface area (TPSA) is 78.9 Å². The maximum Gasteiger partial charge on any atom is 0.246 e. The van der Waals surface area contributed by atoms with Gasteiger partial charge in [-0.25, -0.2) is 8.42 Å². The second-order valence-corrected chi connectivity index (χ2v) is 9.44. The summed E-state index contributed by atoms with van der Waals surface area (Å²) < 4.78 is 34.2. The number of sulfonamides is 1. The van der Waals surface area contributed by atoms with Gasteiger partial charge in [-0.1, -0.05) is 19.9 Å². The van der Waals surface area contributed by atoms with E-state index >= 15 is 0 Å². The van der Waals surface area contributed by atoms with Crippen molar-refractivity contribution in [3.63, 3.8) is 0 Å². The number of hydrogen-bond donors (Lipinski definition) is 2. The number of nitrogens with zero attached hydrogens (tertiary/aromatic N) is 1. The van der Waals surface area contributed by atoms with Gasteiger partial charge in [0.05, 0.1) is 0 Å². The summed E-state index contributed by atoms with van der Waals surface area (Å²) in [5.74, 6) is 1.18. The fourth-order valence-corrected chi connectivity index (χ4v) is 4.91. The third-order valence-electron chi connectivity index (χ3n) is 4.96. The van der Waals surface area contributed by atoms with E-state index < -0.39 is 10.0 Å². The third-order valence-corrected chi connectivity index (χ3v) is 6.88. The molecule has 2 aromatic carbocycles. The highest BCUT2D eigenvalue weighted by molar-refractivity contribution is 7.89. The number of phenolic OH excluding ortho intramolecular Hbond substituents is 1. The predicted octanol–water partition coefficient (Wildman–Crippen LogP) is 3.52. The van der Waals surface area contributed by atoms with Crippen molar-refractivity contribution >= 4 is 10.0 Å². The van der Waals surface area contributed by atoms with E-state index in [9.17, 15) is 13.5 Å². The molecule has 0 bridgehead atoms. The molecule has 0 spiro atoms. The van der Waals surface area contributed by atoms with Crippen molar-refractivity contribution in [1.29, 1.82) is 0 Å². The van der Waals surface area contributed by atoms with Crippen LogP contribution in [0.4, 0.5) is 0 Å². The van der Waals surface area contributed by atoms with E-state index in [0.29, 0.717) is 43.2 Å². The number of rotatable bonds is 5. The van der Waals surface area contributed by atoms with Gasteiger partial charge in [0, 0.05) is 31.7 Å². The fourth-order valence-electron chi connectivity index (χ4n) is 3.27. The Bertz CT molecular complexity index is 965. The van der Waals surface area contributed by atoms with Crippen LogP contribution in [0.15, 0.2) is 35.2 Å². The van der Waals surface area contributed by atoms with Gasteiger partial charge in [-0.15, -0.1) is 0 Å². The monoisotopic (exact) mass is 404 g/mol. The molecule has 1 heterocycles. The molecule has 0 saturated carbocycles. The minimum absolute atomic E-state index is 0.111. The molecule has 1 saturated heterocycles. The van der Waals surface area contributed by atoms with Crippen molar-refractivity contribution in [3.8, 4) is 17.2 Å². The summed E-state index contributed by atoms with van der Waals surface area (Å²) in [4.78, 5) is 0.176. The van der Waals surface area contributed by atoms with Gasteiger partial charge >= 0.3 is 0 Å². The molecular formula is C21H28N2O4S. The minimum Gasteiger partial charge on any atom is -0.508 e. The number of aryl methyl sites for hydroxylation is 2. The summed E-state index contributed by atoms with van der Waals surface area (Å²) in [6, 6.07) is 8.65. The van der Waals surface area contributed by atoms with Gasteiger partial charge in [0.2, 0.25) is 10.0 Å². The molecule has 28 heavy (non-hydrogen) atoms. The maximum atomic E-state index is 13.3. The first-order valence-electron chi connectivity index (χ1n) is 9.53. The molecule has 152 valence electrons. The molecule has 3 rings (SSSR count). The Morgan fingerprint density at radius 2 is 1.75 bits per heavy atom. The van der Waals surface area contributed by atoms with Gasteiger partial charge in [-0.05, 0) is 55.2 Å². The summed E-state index contributed by atoms with van der Waals surface area (Å²) in [7, 11) is -3.67. The van der Waals surface area contributed by atoms with E-state index in [-0.39, 0.29) is 16.6 Å². The highest BCUT2D eigenvalue weighted by Gasteiger charge is 2.29. The summed E-state index contributed by atoms with van der Waals surface area (Å²) in [5.41, 5.74) is 2.36. The molecular weight excluding hydrogens is 376 g/mol. The largest absolute Gasteiger partial charge is 0.508 e. The zero-order valence-corrected chi connectivity index (χ0v) is 17.6.